The van der Waals surface area contributed by atoms with Crippen LogP contribution in [0.15, 0.2) is 35.5 Å². The fourth-order valence-electron chi connectivity index (χ4n) is 3.09. The Labute approximate surface area is 158 Å². The summed E-state index contributed by atoms with van der Waals surface area (Å²) in [6.45, 7) is 3.62. The van der Waals surface area contributed by atoms with Crippen LogP contribution >= 0.6 is 11.8 Å². The van der Waals surface area contributed by atoms with Crippen molar-refractivity contribution in [3.63, 3.8) is 0 Å². The number of piperidine rings is 1. The van der Waals surface area contributed by atoms with Gasteiger partial charge in [-0.1, -0.05) is 41.6 Å². The zero-order chi connectivity index (χ0) is 18.5. The van der Waals surface area contributed by atoms with Gasteiger partial charge < -0.3 is 16.0 Å². The van der Waals surface area contributed by atoms with Crippen molar-refractivity contribution in [1.29, 1.82) is 0 Å². The van der Waals surface area contributed by atoms with Gasteiger partial charge in [-0.2, -0.15) is 0 Å². The molecule has 1 amide bonds. The Morgan fingerprint density at radius 1 is 1.35 bits per heavy atom. The van der Waals surface area contributed by atoms with Crippen molar-refractivity contribution in [1.82, 2.24) is 15.3 Å². The molecule has 0 aliphatic carbocycles. The van der Waals surface area contributed by atoms with Crippen molar-refractivity contribution in [3.8, 4) is 0 Å². The molecular formula is C19H25N5OS. The minimum atomic E-state index is -0.00592. The molecule has 0 spiro atoms. The van der Waals surface area contributed by atoms with Crippen molar-refractivity contribution >= 4 is 29.3 Å². The van der Waals surface area contributed by atoms with E-state index < -0.39 is 0 Å². The molecule has 1 aliphatic heterocycles. The number of nitrogens with two attached hydrogens (primary N) is 1. The topological polar surface area (TPSA) is 84.1 Å². The first kappa shape index (κ1) is 18.5. The molecule has 1 aromatic carbocycles. The highest BCUT2D eigenvalue weighted by Gasteiger charge is 2.26. The number of hydrogen-bond acceptors (Lipinski definition) is 6. The monoisotopic (exact) mass is 371 g/mol. The third kappa shape index (κ3) is 4.66. The number of hydrogen-bond donors (Lipinski definition) is 2. The number of nitrogens with one attached hydrogen (secondary N) is 1. The number of thioether (sulfide) groups is 1. The largest absolute Gasteiger partial charge is 0.383 e. The summed E-state index contributed by atoms with van der Waals surface area (Å²) in [4.78, 5) is 23.1. The number of carbonyl (C=O) groups excluding carboxylic acids is 1. The second-order valence-electron chi connectivity index (χ2n) is 6.61. The molecular weight excluding hydrogens is 346 g/mol. The minimum Gasteiger partial charge on any atom is -0.383 e. The molecule has 3 rings (SSSR count). The average Bonchev–Trinajstić information content (AvgIpc) is 2.66. The normalized spacial score (nSPS) is 17.2. The molecule has 2 heterocycles. The van der Waals surface area contributed by atoms with E-state index in [9.17, 15) is 4.79 Å². The molecule has 3 N–H and O–H groups in total. The first-order valence-electron chi connectivity index (χ1n) is 8.84. The standard InChI is InChI=1S/C19H25N5OS/c1-13-5-7-14(8-6-13)12-26-19-22-16(20)10-17(23-19)24-9-3-4-15(11-24)18(25)21-2/h5-8,10,15H,3-4,9,11-12H2,1-2H3,(H,21,25)(H2,20,22,23)/t15-/m1/s1. The molecule has 1 aliphatic rings. The van der Waals surface area contributed by atoms with Gasteiger partial charge >= 0.3 is 0 Å². The smallest absolute Gasteiger partial charge is 0.224 e. The van der Waals surface area contributed by atoms with Gasteiger partial charge in [-0.25, -0.2) is 9.97 Å². The quantitative estimate of drug-likeness (QED) is 0.621. The van der Waals surface area contributed by atoms with Crippen molar-refractivity contribution in [3.05, 3.63) is 41.5 Å². The van der Waals surface area contributed by atoms with E-state index in [0.717, 1.165) is 31.0 Å². The van der Waals surface area contributed by atoms with Gasteiger partial charge in [0.25, 0.3) is 0 Å². The Kier molecular flexibility index (Phi) is 5.98. The molecule has 1 aromatic heterocycles. The summed E-state index contributed by atoms with van der Waals surface area (Å²) in [6.07, 6.45) is 1.87. The first-order chi connectivity index (χ1) is 12.5. The predicted octanol–water partition coefficient (Wildman–Crippen LogP) is 2.62. The molecule has 2 aromatic rings. The van der Waals surface area contributed by atoms with Crippen LogP contribution in [0, 0.1) is 12.8 Å². The van der Waals surface area contributed by atoms with Gasteiger partial charge in [-0.3, -0.25) is 4.79 Å². The van der Waals surface area contributed by atoms with E-state index in [0.29, 0.717) is 17.5 Å². The maximum absolute atomic E-state index is 12.0. The Hall–Kier alpha value is -2.28. The van der Waals surface area contributed by atoms with Gasteiger partial charge in [0.1, 0.15) is 11.6 Å². The van der Waals surface area contributed by atoms with Crippen LogP contribution in [0.5, 0.6) is 0 Å². The summed E-state index contributed by atoms with van der Waals surface area (Å²) in [5.41, 5.74) is 8.48. The van der Waals surface area contributed by atoms with Gasteiger partial charge in [0, 0.05) is 32.0 Å². The second kappa shape index (κ2) is 8.40. The summed E-state index contributed by atoms with van der Waals surface area (Å²) in [7, 11) is 1.68. The summed E-state index contributed by atoms with van der Waals surface area (Å²) in [5.74, 6) is 2.14. The molecule has 0 bridgehead atoms. The van der Waals surface area contributed by atoms with E-state index in [4.69, 9.17) is 5.73 Å². The molecule has 6 nitrogen and oxygen atoms in total. The first-order valence-corrected chi connectivity index (χ1v) is 9.83. The van der Waals surface area contributed by atoms with E-state index >= 15 is 0 Å². The highest BCUT2D eigenvalue weighted by atomic mass is 32.2. The van der Waals surface area contributed by atoms with Crippen molar-refractivity contribution in [2.24, 2.45) is 5.92 Å². The Morgan fingerprint density at radius 3 is 2.85 bits per heavy atom. The summed E-state index contributed by atoms with van der Waals surface area (Å²) < 4.78 is 0. The van der Waals surface area contributed by atoms with E-state index in [1.54, 1.807) is 24.9 Å². The molecule has 26 heavy (non-hydrogen) atoms. The van der Waals surface area contributed by atoms with Crippen LogP contribution in [-0.2, 0) is 10.5 Å². The number of carbonyl (C=O) groups is 1. The Bertz CT molecular complexity index is 765. The zero-order valence-electron chi connectivity index (χ0n) is 15.2. The fourth-order valence-corrected chi connectivity index (χ4v) is 3.91. The molecule has 1 fully saturated rings. The van der Waals surface area contributed by atoms with E-state index in [2.05, 4.69) is 51.4 Å². The molecule has 138 valence electrons. The number of nitrogen functional groups attached to an aromatic ring is 1. The van der Waals surface area contributed by atoms with Crippen molar-refractivity contribution in [2.45, 2.75) is 30.7 Å². The summed E-state index contributed by atoms with van der Waals surface area (Å²) in [5, 5.41) is 3.41. The van der Waals surface area contributed by atoms with E-state index in [1.165, 1.54) is 11.1 Å². The predicted molar refractivity (Wildman–Crippen MR) is 106 cm³/mol. The lowest BCUT2D eigenvalue weighted by Crippen LogP contribution is -2.42. The number of aromatic nitrogens is 2. The molecule has 0 radical (unpaired) electrons. The number of rotatable bonds is 5. The van der Waals surface area contributed by atoms with Crippen molar-refractivity contribution < 1.29 is 4.79 Å². The number of aryl methyl sites for hydroxylation is 1. The van der Waals surface area contributed by atoms with Crippen LogP contribution in [0.4, 0.5) is 11.6 Å². The SMILES string of the molecule is CNC(=O)[C@@H]1CCCN(c2cc(N)nc(SCc3ccc(C)cc3)n2)C1. The number of anilines is 2. The number of nitrogens with zero attached hydrogens (tertiary/aromatic N) is 3. The average molecular weight is 372 g/mol. The van der Waals surface area contributed by atoms with E-state index in [1.807, 2.05) is 0 Å². The highest BCUT2D eigenvalue weighted by molar-refractivity contribution is 7.98. The van der Waals surface area contributed by atoms with Gasteiger partial charge in [0.05, 0.1) is 5.92 Å². The van der Waals surface area contributed by atoms with Crippen LogP contribution in [0.25, 0.3) is 0 Å². The van der Waals surface area contributed by atoms with Crippen LogP contribution in [-0.4, -0.2) is 36.0 Å². The maximum Gasteiger partial charge on any atom is 0.224 e. The van der Waals surface area contributed by atoms with Crippen LogP contribution in [0.3, 0.4) is 0 Å². The van der Waals surface area contributed by atoms with Gasteiger partial charge in [-0.05, 0) is 25.3 Å². The Balaban J connectivity index is 1.70. The highest BCUT2D eigenvalue weighted by Crippen LogP contribution is 2.27. The lowest BCUT2D eigenvalue weighted by molar-refractivity contribution is -0.124. The van der Waals surface area contributed by atoms with E-state index in [-0.39, 0.29) is 11.8 Å². The third-order valence-corrected chi connectivity index (χ3v) is 5.48. The minimum absolute atomic E-state index is 0.00592. The molecule has 1 saturated heterocycles. The molecule has 0 saturated carbocycles. The third-order valence-electron chi connectivity index (χ3n) is 4.56. The Morgan fingerprint density at radius 2 is 2.12 bits per heavy atom. The van der Waals surface area contributed by atoms with Gasteiger partial charge in [-0.15, -0.1) is 0 Å². The van der Waals surface area contributed by atoms with Crippen LogP contribution in [0.1, 0.15) is 24.0 Å². The van der Waals surface area contributed by atoms with Crippen LogP contribution < -0.4 is 16.0 Å². The summed E-state index contributed by atoms with van der Waals surface area (Å²) in [6, 6.07) is 10.2. The van der Waals surface area contributed by atoms with Crippen molar-refractivity contribution in [2.75, 3.05) is 30.8 Å². The fraction of sp³-hybridized carbons (Fsp3) is 0.421. The second-order valence-corrected chi connectivity index (χ2v) is 7.55. The van der Waals surface area contributed by atoms with Crippen LogP contribution in [0.2, 0.25) is 0 Å². The maximum atomic E-state index is 12.0. The van der Waals surface area contributed by atoms with Gasteiger partial charge in [0.2, 0.25) is 5.91 Å². The summed E-state index contributed by atoms with van der Waals surface area (Å²) >= 11 is 1.58. The lowest BCUT2D eigenvalue weighted by Gasteiger charge is -2.32. The molecule has 0 unspecified atom stereocenters. The molecule has 7 heteroatoms. The number of amides is 1. The molecule has 1 atom stereocenters. The number of benzene rings is 1. The lowest BCUT2D eigenvalue weighted by atomic mass is 9.97. The zero-order valence-corrected chi connectivity index (χ0v) is 16.1. The van der Waals surface area contributed by atoms with Gasteiger partial charge in [0.15, 0.2) is 5.16 Å².